The van der Waals surface area contributed by atoms with Gasteiger partial charge in [0.05, 0.1) is 7.11 Å². The molecule has 1 heterocycles. The molecule has 0 unspecified atom stereocenters. The van der Waals surface area contributed by atoms with Gasteiger partial charge in [-0.2, -0.15) is 0 Å². The van der Waals surface area contributed by atoms with Gasteiger partial charge in [0.15, 0.2) is 0 Å². The zero-order valence-electron chi connectivity index (χ0n) is 11.7. The maximum atomic E-state index is 8.68. The van der Waals surface area contributed by atoms with Crippen LogP contribution < -0.4 is 15.8 Å². The lowest BCUT2D eigenvalue weighted by atomic mass is 9.88. The number of hydrogen-bond acceptors (Lipinski definition) is 5. The second-order valence-electron chi connectivity index (χ2n) is 5.00. The highest BCUT2D eigenvalue weighted by molar-refractivity contribution is 5.85. The minimum Gasteiger partial charge on any atom is -0.481 e. The van der Waals surface area contributed by atoms with Gasteiger partial charge < -0.3 is 21.0 Å². The molecule has 0 amide bonds. The Balaban J connectivity index is 2.34. The van der Waals surface area contributed by atoms with Crippen molar-refractivity contribution in [3.63, 3.8) is 0 Å². The van der Waals surface area contributed by atoms with Crippen LogP contribution in [0.2, 0.25) is 0 Å². The van der Waals surface area contributed by atoms with Crippen molar-refractivity contribution in [3.05, 3.63) is 23.9 Å². The number of amidine groups is 1. The van der Waals surface area contributed by atoms with Crippen molar-refractivity contribution >= 4 is 5.84 Å². The topological polar surface area (TPSA) is 92.8 Å². The molecule has 6 nitrogen and oxygen atoms in total. The Labute approximate surface area is 113 Å². The van der Waals surface area contributed by atoms with E-state index in [0.29, 0.717) is 5.88 Å². The zero-order valence-corrected chi connectivity index (χ0v) is 11.7. The molecule has 0 saturated heterocycles. The van der Waals surface area contributed by atoms with E-state index in [-0.39, 0.29) is 11.3 Å². The van der Waals surface area contributed by atoms with E-state index in [1.54, 1.807) is 13.3 Å². The summed E-state index contributed by atoms with van der Waals surface area (Å²) in [6, 6.07) is 3.80. The van der Waals surface area contributed by atoms with E-state index < -0.39 is 0 Å². The number of hydrogen-bond donors (Lipinski definition) is 3. The van der Waals surface area contributed by atoms with Crippen LogP contribution in [0.5, 0.6) is 5.88 Å². The van der Waals surface area contributed by atoms with Crippen LogP contribution in [0.4, 0.5) is 0 Å². The van der Waals surface area contributed by atoms with Crippen molar-refractivity contribution < 1.29 is 9.94 Å². The fourth-order valence-electron chi connectivity index (χ4n) is 1.53. The second-order valence-corrected chi connectivity index (χ2v) is 5.00. The molecule has 1 aromatic heterocycles. The number of pyridine rings is 1. The van der Waals surface area contributed by atoms with Crippen molar-refractivity contribution in [1.82, 2.24) is 10.3 Å². The summed E-state index contributed by atoms with van der Waals surface area (Å²) in [5.41, 5.74) is 6.39. The van der Waals surface area contributed by atoms with Gasteiger partial charge in [-0.15, -0.1) is 0 Å². The van der Waals surface area contributed by atoms with Gasteiger partial charge in [-0.05, 0) is 18.5 Å². The van der Waals surface area contributed by atoms with Crippen molar-refractivity contribution in [3.8, 4) is 5.88 Å². The summed E-state index contributed by atoms with van der Waals surface area (Å²) in [7, 11) is 1.59. The molecule has 106 valence electrons. The first-order valence-corrected chi connectivity index (χ1v) is 6.17. The number of ether oxygens (including phenoxy) is 1. The van der Waals surface area contributed by atoms with Crippen LogP contribution in [-0.4, -0.2) is 29.7 Å². The van der Waals surface area contributed by atoms with Gasteiger partial charge in [-0.3, -0.25) is 0 Å². The molecule has 4 N–H and O–H groups in total. The lowest BCUT2D eigenvalue weighted by Gasteiger charge is -2.22. The highest BCUT2D eigenvalue weighted by Crippen LogP contribution is 2.19. The van der Waals surface area contributed by atoms with Crippen LogP contribution in [0.25, 0.3) is 0 Å². The molecule has 19 heavy (non-hydrogen) atoms. The fraction of sp³-hybridized carbons (Fsp3) is 0.538. The van der Waals surface area contributed by atoms with Gasteiger partial charge >= 0.3 is 0 Å². The summed E-state index contributed by atoms with van der Waals surface area (Å²) in [6.45, 7) is 5.38. The van der Waals surface area contributed by atoms with Gasteiger partial charge in [0.2, 0.25) is 5.88 Å². The lowest BCUT2D eigenvalue weighted by molar-refractivity contribution is 0.305. The largest absolute Gasteiger partial charge is 0.481 e. The summed E-state index contributed by atoms with van der Waals surface area (Å²) in [6.07, 6.45) is 2.56. The van der Waals surface area contributed by atoms with E-state index in [9.17, 15) is 0 Å². The van der Waals surface area contributed by atoms with E-state index in [2.05, 4.69) is 15.5 Å². The molecular formula is C13H22N4O2. The first-order chi connectivity index (χ1) is 8.99. The highest BCUT2D eigenvalue weighted by atomic mass is 16.5. The summed E-state index contributed by atoms with van der Waals surface area (Å²) < 4.78 is 5.00. The maximum Gasteiger partial charge on any atom is 0.212 e. The first kappa shape index (κ1) is 15.2. The zero-order chi connectivity index (χ0) is 14.3. The van der Waals surface area contributed by atoms with Crippen LogP contribution in [-0.2, 0) is 6.54 Å². The number of nitrogens with one attached hydrogen (secondary N) is 1. The molecular weight excluding hydrogens is 244 g/mol. The molecule has 0 bridgehead atoms. The standard InChI is InChI=1S/C13H22N4O2/c1-13(2,12(14)17-18)6-7-15-8-10-4-5-11(19-3)16-9-10/h4-5,9,15,18H,6-8H2,1-3H3,(H2,14,17). The average molecular weight is 266 g/mol. The maximum absolute atomic E-state index is 8.68. The Morgan fingerprint density at radius 2 is 2.26 bits per heavy atom. The summed E-state index contributed by atoms with van der Waals surface area (Å²) in [5, 5.41) is 15.0. The van der Waals surface area contributed by atoms with E-state index in [1.165, 1.54) is 0 Å². The Morgan fingerprint density at radius 1 is 1.53 bits per heavy atom. The summed E-state index contributed by atoms with van der Waals surface area (Å²) in [5.74, 6) is 0.859. The van der Waals surface area contributed by atoms with Gasteiger partial charge in [0, 0.05) is 24.2 Å². The third kappa shape index (κ3) is 4.75. The highest BCUT2D eigenvalue weighted by Gasteiger charge is 2.22. The predicted octanol–water partition coefficient (Wildman–Crippen LogP) is 1.34. The van der Waals surface area contributed by atoms with Gasteiger partial charge in [0.1, 0.15) is 5.84 Å². The number of methoxy groups -OCH3 is 1. The fourth-order valence-corrected chi connectivity index (χ4v) is 1.53. The Kier molecular flexibility index (Phi) is 5.57. The third-order valence-corrected chi connectivity index (χ3v) is 3.06. The van der Waals surface area contributed by atoms with E-state index in [0.717, 1.165) is 25.1 Å². The van der Waals surface area contributed by atoms with Crippen LogP contribution in [0.15, 0.2) is 23.5 Å². The number of oxime groups is 1. The van der Waals surface area contributed by atoms with Crippen molar-refractivity contribution in [1.29, 1.82) is 0 Å². The molecule has 0 aliphatic heterocycles. The van der Waals surface area contributed by atoms with Gasteiger partial charge in [-0.25, -0.2) is 4.98 Å². The molecule has 0 atom stereocenters. The molecule has 0 spiro atoms. The molecule has 0 aromatic carbocycles. The molecule has 0 aliphatic carbocycles. The summed E-state index contributed by atoms with van der Waals surface area (Å²) >= 11 is 0. The number of aromatic nitrogens is 1. The molecule has 1 rings (SSSR count). The lowest BCUT2D eigenvalue weighted by Crippen LogP contribution is -2.34. The first-order valence-electron chi connectivity index (χ1n) is 6.17. The quantitative estimate of drug-likeness (QED) is 0.228. The van der Waals surface area contributed by atoms with E-state index in [1.807, 2.05) is 26.0 Å². The molecule has 6 heteroatoms. The smallest absolute Gasteiger partial charge is 0.212 e. The molecule has 0 aliphatic rings. The van der Waals surface area contributed by atoms with Crippen molar-refractivity contribution in [2.24, 2.45) is 16.3 Å². The minimum atomic E-state index is -0.320. The number of rotatable bonds is 7. The van der Waals surface area contributed by atoms with Crippen LogP contribution in [0.1, 0.15) is 25.8 Å². The molecule has 0 radical (unpaired) electrons. The monoisotopic (exact) mass is 266 g/mol. The predicted molar refractivity (Wildman–Crippen MR) is 74.3 cm³/mol. The molecule has 0 saturated carbocycles. The van der Waals surface area contributed by atoms with E-state index in [4.69, 9.17) is 15.7 Å². The minimum absolute atomic E-state index is 0.250. The van der Waals surface area contributed by atoms with Crippen LogP contribution >= 0.6 is 0 Å². The average Bonchev–Trinajstić information content (AvgIpc) is 2.43. The van der Waals surface area contributed by atoms with Crippen LogP contribution in [0, 0.1) is 5.41 Å². The second kappa shape index (κ2) is 6.94. The third-order valence-electron chi connectivity index (χ3n) is 3.06. The Hall–Kier alpha value is -1.82. The SMILES string of the molecule is COc1ccc(CNCCC(C)(C)C(N)=NO)cn1. The molecule has 0 fully saturated rings. The number of nitrogens with two attached hydrogens (primary N) is 1. The van der Waals surface area contributed by atoms with E-state index >= 15 is 0 Å². The number of nitrogens with zero attached hydrogens (tertiary/aromatic N) is 2. The van der Waals surface area contributed by atoms with Crippen molar-refractivity contribution in [2.75, 3.05) is 13.7 Å². The summed E-state index contributed by atoms with van der Waals surface area (Å²) in [4.78, 5) is 4.13. The Bertz CT molecular complexity index is 415. The normalized spacial score (nSPS) is 12.5. The van der Waals surface area contributed by atoms with Gasteiger partial charge in [-0.1, -0.05) is 25.1 Å². The van der Waals surface area contributed by atoms with Gasteiger partial charge in [0.25, 0.3) is 0 Å². The molecule has 1 aromatic rings. The van der Waals surface area contributed by atoms with Crippen LogP contribution in [0.3, 0.4) is 0 Å². The Morgan fingerprint density at radius 3 is 2.79 bits per heavy atom. The van der Waals surface area contributed by atoms with Crippen molar-refractivity contribution in [2.45, 2.75) is 26.8 Å².